The molecule has 0 radical (unpaired) electrons. The third-order valence-electron chi connectivity index (χ3n) is 5.05. The lowest BCUT2D eigenvalue weighted by Crippen LogP contribution is -2.50. The number of aliphatic carboxylic acids is 1. The Morgan fingerprint density at radius 2 is 1.90 bits per heavy atom. The number of carboxylic acid groups (broad SMARTS) is 1. The molecule has 0 aliphatic carbocycles. The van der Waals surface area contributed by atoms with Gasteiger partial charge in [-0.15, -0.1) is 0 Å². The quantitative estimate of drug-likeness (QED) is 0.669. The fraction of sp³-hybridized carbons (Fsp3) is 0.364. The molecule has 0 saturated carbocycles. The van der Waals surface area contributed by atoms with Crippen LogP contribution in [0.3, 0.4) is 0 Å². The molecule has 3 rings (SSSR count). The summed E-state index contributed by atoms with van der Waals surface area (Å²) in [7, 11) is 0. The van der Waals surface area contributed by atoms with Gasteiger partial charge in [-0.05, 0) is 30.7 Å². The highest BCUT2D eigenvalue weighted by molar-refractivity contribution is 6.30. The van der Waals surface area contributed by atoms with Gasteiger partial charge in [-0.25, -0.2) is 13.6 Å². The van der Waals surface area contributed by atoms with Gasteiger partial charge in [-0.1, -0.05) is 23.7 Å². The zero-order valence-electron chi connectivity index (χ0n) is 17.0. The molecule has 0 aromatic heterocycles. The summed E-state index contributed by atoms with van der Waals surface area (Å²) in [6.07, 6.45) is -0.681. The molecule has 2 aromatic rings. The standard InChI is InChI=1S/C22H22ClF2NO5/c1-12(27)26-22(2)9-19(13-4-3-5-14(23)6-13)31-20(10-22)15-7-16(24)17(25)8-18(15)30-11-21(28)29/h3-8,19-20H,9-11H2,1-2H3,(H,26,27)(H,28,29)/t19-,20+,22+/m0/s1. The van der Waals surface area contributed by atoms with Crippen molar-refractivity contribution in [3.63, 3.8) is 0 Å². The van der Waals surface area contributed by atoms with Crippen LogP contribution in [0.2, 0.25) is 5.02 Å². The van der Waals surface area contributed by atoms with Crippen LogP contribution in [0.15, 0.2) is 36.4 Å². The zero-order valence-corrected chi connectivity index (χ0v) is 17.7. The molecule has 2 aromatic carbocycles. The summed E-state index contributed by atoms with van der Waals surface area (Å²) in [5.41, 5.74) is 0.171. The van der Waals surface area contributed by atoms with Crippen molar-refractivity contribution in [1.82, 2.24) is 5.32 Å². The number of rotatable bonds is 6. The van der Waals surface area contributed by atoms with Gasteiger partial charge in [0.2, 0.25) is 5.91 Å². The largest absolute Gasteiger partial charge is 0.481 e. The number of benzene rings is 2. The second-order valence-electron chi connectivity index (χ2n) is 7.81. The molecular formula is C22H22ClF2NO5. The first-order valence-electron chi connectivity index (χ1n) is 9.59. The fourth-order valence-electron chi connectivity index (χ4n) is 3.87. The maximum atomic E-state index is 14.1. The number of nitrogens with one attached hydrogen (secondary N) is 1. The SMILES string of the molecule is CC(=O)N[C@]1(C)C[C@@H](c2cccc(Cl)c2)O[C@@H](c2cc(F)c(F)cc2OCC(=O)O)C1. The number of carbonyl (C=O) groups excluding carboxylic acids is 1. The van der Waals surface area contributed by atoms with Gasteiger partial charge in [0.25, 0.3) is 0 Å². The van der Waals surface area contributed by atoms with Gasteiger partial charge in [-0.2, -0.15) is 0 Å². The summed E-state index contributed by atoms with van der Waals surface area (Å²) in [6, 6.07) is 8.77. The van der Waals surface area contributed by atoms with E-state index in [2.05, 4.69) is 5.32 Å². The molecule has 9 heteroatoms. The molecule has 1 fully saturated rings. The van der Waals surface area contributed by atoms with Crippen molar-refractivity contribution in [3.8, 4) is 5.75 Å². The summed E-state index contributed by atoms with van der Waals surface area (Å²) in [6.45, 7) is 2.49. The van der Waals surface area contributed by atoms with Crippen molar-refractivity contribution in [2.24, 2.45) is 0 Å². The van der Waals surface area contributed by atoms with Gasteiger partial charge in [-0.3, -0.25) is 4.79 Å². The van der Waals surface area contributed by atoms with Gasteiger partial charge in [0, 0.05) is 42.0 Å². The molecule has 2 N–H and O–H groups in total. The lowest BCUT2D eigenvalue weighted by atomic mass is 9.81. The van der Waals surface area contributed by atoms with Crippen LogP contribution in [0.4, 0.5) is 8.78 Å². The second-order valence-corrected chi connectivity index (χ2v) is 8.24. The minimum atomic E-state index is -1.26. The van der Waals surface area contributed by atoms with Crippen LogP contribution >= 0.6 is 11.6 Å². The highest BCUT2D eigenvalue weighted by Gasteiger charge is 2.41. The molecule has 166 valence electrons. The Bertz CT molecular complexity index is 1000. The smallest absolute Gasteiger partial charge is 0.341 e. The van der Waals surface area contributed by atoms with Crippen molar-refractivity contribution in [2.45, 2.75) is 44.4 Å². The number of ether oxygens (including phenoxy) is 2. The summed E-state index contributed by atoms with van der Waals surface area (Å²) in [5, 5.41) is 12.3. The lowest BCUT2D eigenvalue weighted by molar-refractivity contribution is -0.139. The van der Waals surface area contributed by atoms with Gasteiger partial charge < -0.3 is 19.9 Å². The Morgan fingerprint density at radius 1 is 1.23 bits per heavy atom. The first-order chi connectivity index (χ1) is 14.6. The second kappa shape index (κ2) is 9.20. The molecule has 1 heterocycles. The van der Waals surface area contributed by atoms with Crippen LogP contribution in [0, 0.1) is 11.6 Å². The zero-order chi connectivity index (χ0) is 22.8. The van der Waals surface area contributed by atoms with Crippen molar-refractivity contribution in [3.05, 3.63) is 64.2 Å². The Kier molecular flexibility index (Phi) is 6.81. The summed E-state index contributed by atoms with van der Waals surface area (Å²) < 4.78 is 39.4. The van der Waals surface area contributed by atoms with Crippen LogP contribution in [-0.2, 0) is 14.3 Å². The van der Waals surface area contributed by atoms with Crippen LogP contribution in [-0.4, -0.2) is 29.1 Å². The molecule has 3 atom stereocenters. The van der Waals surface area contributed by atoms with Crippen LogP contribution < -0.4 is 10.1 Å². The highest BCUT2D eigenvalue weighted by atomic mass is 35.5. The molecular weight excluding hydrogens is 432 g/mol. The maximum Gasteiger partial charge on any atom is 0.341 e. The normalized spacial score (nSPS) is 23.3. The van der Waals surface area contributed by atoms with Gasteiger partial charge >= 0.3 is 5.97 Å². The molecule has 1 amide bonds. The van der Waals surface area contributed by atoms with Crippen LogP contribution in [0.1, 0.15) is 50.0 Å². The molecule has 31 heavy (non-hydrogen) atoms. The van der Waals surface area contributed by atoms with E-state index in [1.54, 1.807) is 18.2 Å². The lowest BCUT2D eigenvalue weighted by Gasteiger charge is -2.43. The monoisotopic (exact) mass is 453 g/mol. The number of carboxylic acids is 1. The summed E-state index contributed by atoms with van der Waals surface area (Å²) >= 11 is 6.12. The average Bonchev–Trinajstić information content (AvgIpc) is 2.67. The Hall–Kier alpha value is -2.71. The first-order valence-corrected chi connectivity index (χ1v) is 9.97. The molecule has 1 saturated heterocycles. The topological polar surface area (TPSA) is 84.9 Å². The van der Waals surface area contributed by atoms with Gasteiger partial charge in [0.15, 0.2) is 18.2 Å². The van der Waals surface area contributed by atoms with E-state index < -0.39 is 42.0 Å². The van der Waals surface area contributed by atoms with E-state index in [0.717, 1.165) is 17.7 Å². The minimum Gasteiger partial charge on any atom is -0.481 e. The minimum absolute atomic E-state index is 0.136. The first kappa shape index (κ1) is 23.0. The number of hydrogen-bond acceptors (Lipinski definition) is 4. The molecule has 1 aliphatic rings. The van der Waals surface area contributed by atoms with Crippen LogP contribution in [0.25, 0.3) is 0 Å². The molecule has 0 bridgehead atoms. The predicted octanol–water partition coefficient (Wildman–Crippen LogP) is 4.57. The molecule has 6 nitrogen and oxygen atoms in total. The summed E-state index contributed by atoms with van der Waals surface area (Å²) in [4.78, 5) is 22.7. The number of carbonyl (C=O) groups is 2. The number of hydrogen-bond donors (Lipinski definition) is 2. The van der Waals surface area contributed by atoms with Gasteiger partial charge in [0.05, 0.1) is 12.2 Å². The third kappa shape index (κ3) is 5.71. The van der Waals surface area contributed by atoms with E-state index in [1.165, 1.54) is 6.92 Å². The van der Waals surface area contributed by atoms with Crippen LogP contribution in [0.5, 0.6) is 5.75 Å². The third-order valence-corrected chi connectivity index (χ3v) is 5.28. The fourth-order valence-corrected chi connectivity index (χ4v) is 4.07. The van der Waals surface area contributed by atoms with Crippen molar-refractivity contribution in [1.29, 1.82) is 0 Å². The maximum absolute atomic E-state index is 14.1. The Balaban J connectivity index is 2.03. The van der Waals surface area contributed by atoms with E-state index >= 15 is 0 Å². The summed E-state index contributed by atoms with van der Waals surface area (Å²) in [5.74, 6) is -3.94. The van der Waals surface area contributed by atoms with Crippen molar-refractivity contribution >= 4 is 23.5 Å². The Labute approximate surface area is 183 Å². The van der Waals surface area contributed by atoms with E-state index in [9.17, 15) is 18.4 Å². The number of halogens is 3. The van der Waals surface area contributed by atoms with E-state index in [1.807, 2.05) is 13.0 Å². The average molecular weight is 454 g/mol. The van der Waals surface area contributed by atoms with Crippen molar-refractivity contribution < 1.29 is 33.0 Å². The molecule has 0 unspecified atom stereocenters. The van der Waals surface area contributed by atoms with Gasteiger partial charge in [0.1, 0.15) is 5.75 Å². The Morgan fingerprint density at radius 3 is 2.55 bits per heavy atom. The number of amides is 1. The predicted molar refractivity (Wildman–Crippen MR) is 109 cm³/mol. The molecule has 1 aliphatic heterocycles. The van der Waals surface area contributed by atoms with E-state index in [0.29, 0.717) is 11.4 Å². The van der Waals surface area contributed by atoms with E-state index in [-0.39, 0.29) is 23.6 Å². The molecule has 0 spiro atoms. The van der Waals surface area contributed by atoms with E-state index in [4.69, 9.17) is 26.2 Å². The highest BCUT2D eigenvalue weighted by Crippen LogP contribution is 2.46. The van der Waals surface area contributed by atoms with Crippen molar-refractivity contribution in [2.75, 3.05) is 6.61 Å².